The summed E-state index contributed by atoms with van der Waals surface area (Å²) in [6, 6.07) is 0. The molecule has 124 valence electrons. The summed E-state index contributed by atoms with van der Waals surface area (Å²) in [5, 5.41) is 36.7. The lowest BCUT2D eigenvalue weighted by molar-refractivity contribution is -0.0204. The van der Waals surface area contributed by atoms with Crippen molar-refractivity contribution in [3.8, 4) is 0 Å². The maximum atomic E-state index is 9.49. The van der Waals surface area contributed by atoms with Crippen LogP contribution in [0.1, 0.15) is 55.4 Å². The van der Waals surface area contributed by atoms with Gasteiger partial charge in [0.05, 0.1) is 25.4 Å². The fourth-order valence-corrected chi connectivity index (χ4v) is 1.99. The summed E-state index contributed by atoms with van der Waals surface area (Å²) in [6.45, 7) is 15.3. The smallest absolute Gasteiger partial charge is 0.0635 e. The highest BCUT2D eigenvalue weighted by molar-refractivity contribution is 4.79. The first-order valence-corrected chi connectivity index (χ1v) is 7.41. The number of rotatable bonds is 6. The molecular weight excluding hydrogens is 256 g/mol. The Kier molecular flexibility index (Phi) is 9.94. The molecule has 0 aliphatic heterocycles. The van der Waals surface area contributed by atoms with Gasteiger partial charge in [-0.3, -0.25) is 0 Å². The third-order valence-electron chi connectivity index (χ3n) is 3.68. The normalized spacial score (nSPS) is 15.9. The summed E-state index contributed by atoms with van der Waals surface area (Å²) >= 11 is 0. The Labute approximate surface area is 124 Å². The van der Waals surface area contributed by atoms with E-state index in [0.717, 1.165) is 0 Å². The van der Waals surface area contributed by atoms with E-state index in [9.17, 15) is 10.2 Å². The summed E-state index contributed by atoms with van der Waals surface area (Å²) in [5.41, 5.74) is -0.734. The van der Waals surface area contributed by atoms with Crippen LogP contribution >= 0.6 is 0 Å². The van der Waals surface area contributed by atoms with Crippen molar-refractivity contribution in [3.05, 3.63) is 0 Å². The fraction of sp³-hybridized carbons (Fsp3) is 1.00. The van der Waals surface area contributed by atoms with Gasteiger partial charge in [-0.2, -0.15) is 0 Å². The molecule has 0 aromatic rings. The van der Waals surface area contributed by atoms with Gasteiger partial charge >= 0.3 is 0 Å². The van der Waals surface area contributed by atoms with E-state index >= 15 is 0 Å². The second-order valence-corrected chi connectivity index (χ2v) is 7.67. The minimum Gasteiger partial charge on any atom is -0.396 e. The van der Waals surface area contributed by atoms with Crippen molar-refractivity contribution in [2.75, 3.05) is 13.2 Å². The molecule has 4 heteroatoms. The summed E-state index contributed by atoms with van der Waals surface area (Å²) in [6.07, 6.45) is -0.838. The summed E-state index contributed by atoms with van der Waals surface area (Å²) in [4.78, 5) is 0. The quantitative estimate of drug-likeness (QED) is 0.604. The molecule has 0 bridgehead atoms. The molecule has 4 nitrogen and oxygen atoms in total. The molecule has 0 aromatic carbocycles. The Morgan fingerprint density at radius 1 is 0.650 bits per heavy atom. The Morgan fingerprint density at radius 3 is 0.900 bits per heavy atom. The zero-order valence-electron chi connectivity index (χ0n) is 14.5. The standard InChI is InChI=1S/2C8H18O2/c2*1-6(2)7(10)8(3,4)5-9/h2*6-7,9-10H,5H2,1-4H3. The third-order valence-corrected chi connectivity index (χ3v) is 3.68. The van der Waals surface area contributed by atoms with Gasteiger partial charge in [0.15, 0.2) is 0 Å². The predicted molar refractivity (Wildman–Crippen MR) is 83.4 cm³/mol. The molecule has 0 spiro atoms. The summed E-state index contributed by atoms with van der Waals surface area (Å²) in [5.74, 6) is 0.421. The van der Waals surface area contributed by atoms with Crippen LogP contribution in [-0.4, -0.2) is 45.8 Å². The topological polar surface area (TPSA) is 80.9 Å². The van der Waals surface area contributed by atoms with Gasteiger partial charge in [0, 0.05) is 10.8 Å². The summed E-state index contributed by atoms with van der Waals surface area (Å²) in [7, 11) is 0. The first-order valence-electron chi connectivity index (χ1n) is 7.41. The van der Waals surface area contributed by atoms with Crippen molar-refractivity contribution in [1.82, 2.24) is 0 Å². The van der Waals surface area contributed by atoms with E-state index < -0.39 is 12.2 Å². The Hall–Kier alpha value is -0.160. The van der Waals surface area contributed by atoms with Gasteiger partial charge in [-0.1, -0.05) is 55.4 Å². The molecule has 0 amide bonds. The maximum Gasteiger partial charge on any atom is 0.0635 e. The minimum absolute atomic E-state index is 0.0341. The van der Waals surface area contributed by atoms with Gasteiger partial charge in [0.1, 0.15) is 0 Å². The highest BCUT2D eigenvalue weighted by atomic mass is 16.3. The van der Waals surface area contributed by atoms with Crippen LogP contribution in [0.25, 0.3) is 0 Å². The van der Waals surface area contributed by atoms with Crippen molar-refractivity contribution < 1.29 is 20.4 Å². The van der Waals surface area contributed by atoms with E-state index in [1.807, 2.05) is 55.4 Å². The van der Waals surface area contributed by atoms with Crippen LogP contribution in [-0.2, 0) is 0 Å². The molecule has 2 atom stereocenters. The van der Waals surface area contributed by atoms with Gasteiger partial charge in [-0.05, 0) is 11.8 Å². The van der Waals surface area contributed by atoms with Crippen LogP contribution in [0.15, 0.2) is 0 Å². The molecule has 0 saturated heterocycles. The van der Waals surface area contributed by atoms with E-state index in [-0.39, 0.29) is 35.9 Å². The Bertz CT molecular complexity index is 221. The van der Waals surface area contributed by atoms with Crippen molar-refractivity contribution >= 4 is 0 Å². The molecule has 0 radical (unpaired) electrons. The number of aliphatic hydroxyl groups is 4. The second kappa shape index (κ2) is 8.98. The van der Waals surface area contributed by atoms with Crippen LogP contribution in [0.2, 0.25) is 0 Å². The Balaban J connectivity index is 0. The van der Waals surface area contributed by atoms with E-state index in [2.05, 4.69) is 0 Å². The third kappa shape index (κ3) is 7.58. The Morgan fingerprint density at radius 2 is 0.850 bits per heavy atom. The number of hydrogen-bond donors (Lipinski definition) is 4. The highest BCUT2D eigenvalue weighted by Gasteiger charge is 2.29. The molecule has 2 unspecified atom stereocenters. The molecule has 0 rings (SSSR count). The van der Waals surface area contributed by atoms with Gasteiger partial charge in [-0.15, -0.1) is 0 Å². The van der Waals surface area contributed by atoms with Gasteiger partial charge < -0.3 is 20.4 Å². The largest absolute Gasteiger partial charge is 0.396 e. The highest BCUT2D eigenvalue weighted by Crippen LogP contribution is 2.25. The monoisotopic (exact) mass is 292 g/mol. The first-order chi connectivity index (χ1) is 8.83. The second-order valence-electron chi connectivity index (χ2n) is 7.67. The van der Waals surface area contributed by atoms with Crippen molar-refractivity contribution in [2.24, 2.45) is 22.7 Å². The number of hydrogen-bond acceptors (Lipinski definition) is 4. The molecule has 0 aliphatic carbocycles. The minimum atomic E-state index is -0.419. The SMILES string of the molecule is CC(C)C(O)C(C)(C)CO.CC(C)C(O)C(C)(C)CO. The first kappa shape index (κ1) is 22.1. The average molecular weight is 292 g/mol. The lowest BCUT2D eigenvalue weighted by Gasteiger charge is -2.30. The molecule has 0 fully saturated rings. The molecule has 20 heavy (non-hydrogen) atoms. The maximum absolute atomic E-state index is 9.49. The molecule has 4 N–H and O–H groups in total. The lowest BCUT2D eigenvalue weighted by atomic mass is 9.82. The molecule has 0 aromatic heterocycles. The zero-order valence-corrected chi connectivity index (χ0v) is 14.5. The van der Waals surface area contributed by atoms with E-state index in [4.69, 9.17) is 10.2 Å². The zero-order chi connectivity index (χ0) is 16.7. The van der Waals surface area contributed by atoms with E-state index in [0.29, 0.717) is 0 Å². The van der Waals surface area contributed by atoms with E-state index in [1.165, 1.54) is 0 Å². The van der Waals surface area contributed by atoms with E-state index in [1.54, 1.807) is 0 Å². The van der Waals surface area contributed by atoms with Crippen molar-refractivity contribution in [2.45, 2.75) is 67.6 Å². The molecule has 0 heterocycles. The van der Waals surface area contributed by atoms with Crippen LogP contribution < -0.4 is 0 Å². The average Bonchev–Trinajstić information content (AvgIpc) is 2.37. The lowest BCUT2D eigenvalue weighted by Crippen LogP contribution is -2.36. The van der Waals surface area contributed by atoms with Crippen LogP contribution in [0.3, 0.4) is 0 Å². The van der Waals surface area contributed by atoms with Crippen molar-refractivity contribution in [1.29, 1.82) is 0 Å². The molecule has 0 aliphatic rings. The van der Waals surface area contributed by atoms with Crippen LogP contribution in [0, 0.1) is 22.7 Å². The van der Waals surface area contributed by atoms with Crippen LogP contribution in [0.5, 0.6) is 0 Å². The van der Waals surface area contributed by atoms with Crippen molar-refractivity contribution in [3.63, 3.8) is 0 Å². The van der Waals surface area contributed by atoms with Gasteiger partial charge in [0.25, 0.3) is 0 Å². The van der Waals surface area contributed by atoms with Crippen LogP contribution in [0.4, 0.5) is 0 Å². The van der Waals surface area contributed by atoms with Gasteiger partial charge in [-0.25, -0.2) is 0 Å². The van der Waals surface area contributed by atoms with Gasteiger partial charge in [0.2, 0.25) is 0 Å². The molecular formula is C16H36O4. The molecule has 0 saturated carbocycles. The summed E-state index contributed by atoms with van der Waals surface area (Å²) < 4.78 is 0. The fourth-order valence-electron chi connectivity index (χ4n) is 1.99. The number of aliphatic hydroxyl groups excluding tert-OH is 4. The predicted octanol–water partition coefficient (Wildman–Crippen LogP) is 2.04.